The van der Waals surface area contributed by atoms with Crippen molar-refractivity contribution in [3.05, 3.63) is 70.3 Å². The van der Waals surface area contributed by atoms with Crippen LogP contribution in [0.1, 0.15) is 70.0 Å². The molecule has 0 radical (unpaired) electrons. The quantitative estimate of drug-likeness (QED) is 0.676. The first-order valence-electron chi connectivity index (χ1n) is 11.8. The minimum absolute atomic E-state index is 0.0699. The molecule has 6 rings (SSSR count). The molecule has 3 fully saturated rings. The molecule has 8 heteroatoms. The maximum atomic E-state index is 13.8. The number of ether oxygens (including phenoxy) is 1. The molecule has 0 saturated carbocycles. The number of Topliss-reactive ketones (excluding diaryl/α,β-unsaturated/α-hetero) is 1. The van der Waals surface area contributed by atoms with Crippen molar-refractivity contribution >= 4 is 17.6 Å². The normalized spacial score (nSPS) is 25.2. The molecule has 2 amide bonds. The fourth-order valence-corrected chi connectivity index (χ4v) is 6.07. The van der Waals surface area contributed by atoms with Gasteiger partial charge < -0.3 is 14.5 Å². The second-order valence-electron chi connectivity index (χ2n) is 9.62. The van der Waals surface area contributed by atoms with E-state index in [1.807, 2.05) is 0 Å². The van der Waals surface area contributed by atoms with Gasteiger partial charge in [0.15, 0.2) is 11.4 Å². The predicted molar refractivity (Wildman–Crippen MR) is 117 cm³/mol. The van der Waals surface area contributed by atoms with Gasteiger partial charge in [0.05, 0.1) is 6.04 Å². The zero-order valence-corrected chi connectivity index (χ0v) is 18.6. The van der Waals surface area contributed by atoms with Crippen molar-refractivity contribution in [2.24, 2.45) is 0 Å². The van der Waals surface area contributed by atoms with Gasteiger partial charge in [-0.1, -0.05) is 12.1 Å². The molecule has 3 heterocycles. The van der Waals surface area contributed by atoms with Crippen LogP contribution in [0.5, 0.6) is 0 Å². The number of amides is 2. The number of hydrogen-bond donors (Lipinski definition) is 0. The van der Waals surface area contributed by atoms with Gasteiger partial charge in [0.25, 0.3) is 11.8 Å². The van der Waals surface area contributed by atoms with Crippen molar-refractivity contribution in [3.8, 4) is 0 Å². The summed E-state index contributed by atoms with van der Waals surface area (Å²) in [5, 5.41) is 0. The second kappa shape index (κ2) is 7.70. The fourth-order valence-electron chi connectivity index (χ4n) is 6.07. The van der Waals surface area contributed by atoms with Crippen molar-refractivity contribution in [2.45, 2.75) is 56.4 Å². The van der Waals surface area contributed by atoms with Crippen LogP contribution in [0.15, 0.2) is 36.4 Å². The van der Waals surface area contributed by atoms with E-state index in [1.165, 1.54) is 12.1 Å². The number of nitrogens with zero attached hydrogens (tertiary/aromatic N) is 2. The molecule has 0 unspecified atom stereocenters. The fraction of sp³-hybridized carbons (Fsp3) is 0.423. The molecule has 1 spiro atoms. The van der Waals surface area contributed by atoms with E-state index in [0.29, 0.717) is 68.3 Å². The summed E-state index contributed by atoms with van der Waals surface area (Å²) in [7, 11) is 0. The highest BCUT2D eigenvalue weighted by atomic mass is 19.1. The van der Waals surface area contributed by atoms with Crippen molar-refractivity contribution in [1.82, 2.24) is 9.80 Å². The van der Waals surface area contributed by atoms with E-state index >= 15 is 0 Å². The molecule has 34 heavy (non-hydrogen) atoms. The third-order valence-electron chi connectivity index (χ3n) is 7.76. The molecule has 3 saturated heterocycles. The summed E-state index contributed by atoms with van der Waals surface area (Å²) in [6, 6.07) is 8.23. The third-order valence-corrected chi connectivity index (χ3v) is 7.76. The lowest BCUT2D eigenvalue weighted by Crippen LogP contribution is -2.51. The number of fused-ring (bicyclic) bond motifs is 2. The largest absolute Gasteiger partial charge is 0.342 e. The van der Waals surface area contributed by atoms with Crippen molar-refractivity contribution in [2.75, 3.05) is 13.1 Å². The zero-order chi connectivity index (χ0) is 23.6. The first-order valence-corrected chi connectivity index (χ1v) is 11.8. The number of hydrogen-bond acceptors (Lipinski definition) is 4. The number of ketones is 1. The van der Waals surface area contributed by atoms with Gasteiger partial charge in [-0.2, -0.15) is 0 Å². The molecule has 1 aliphatic carbocycles. The highest BCUT2D eigenvalue weighted by molar-refractivity contribution is 6.05. The van der Waals surface area contributed by atoms with Crippen LogP contribution in [0.25, 0.3) is 0 Å². The van der Waals surface area contributed by atoms with E-state index < -0.39 is 29.5 Å². The lowest BCUT2D eigenvalue weighted by molar-refractivity contribution is -0.142. The van der Waals surface area contributed by atoms with E-state index in [9.17, 15) is 23.2 Å². The van der Waals surface area contributed by atoms with E-state index in [-0.39, 0.29) is 17.6 Å². The van der Waals surface area contributed by atoms with Gasteiger partial charge in [-0.3, -0.25) is 14.4 Å². The standard InChI is InChI=1S/C26H24F2N2O4/c27-16-12-15(13-17(28)14-16)21-5-7-23-30(21)25(33)26(34-23)8-10-29(11-9-26)24(32)20-3-1-2-19-18(20)4-6-22(19)31/h1-3,12-14,21,23H,4-11H2/t21-,23+/m0/s1. The molecule has 3 aliphatic heterocycles. The minimum Gasteiger partial charge on any atom is -0.342 e. The zero-order valence-electron chi connectivity index (χ0n) is 18.6. The first kappa shape index (κ1) is 21.4. The van der Waals surface area contributed by atoms with E-state index in [2.05, 4.69) is 0 Å². The van der Waals surface area contributed by atoms with Crippen LogP contribution in [-0.4, -0.2) is 52.3 Å². The first-order chi connectivity index (χ1) is 16.4. The summed E-state index contributed by atoms with van der Waals surface area (Å²) in [6.45, 7) is 0.726. The summed E-state index contributed by atoms with van der Waals surface area (Å²) in [5.41, 5.74) is 1.44. The molecule has 2 aromatic rings. The highest BCUT2D eigenvalue weighted by Crippen LogP contribution is 2.48. The maximum absolute atomic E-state index is 13.8. The number of likely N-dealkylation sites (tertiary alicyclic amines) is 1. The van der Waals surface area contributed by atoms with Gasteiger partial charge in [-0.25, -0.2) is 8.78 Å². The molecule has 0 aromatic heterocycles. The average Bonchev–Trinajstić information content (AvgIpc) is 3.48. The second-order valence-corrected chi connectivity index (χ2v) is 9.62. The Morgan fingerprint density at radius 3 is 2.47 bits per heavy atom. The van der Waals surface area contributed by atoms with Crippen LogP contribution < -0.4 is 0 Å². The van der Waals surface area contributed by atoms with Gasteiger partial charge in [0.2, 0.25) is 0 Å². The third kappa shape index (κ3) is 3.19. The monoisotopic (exact) mass is 466 g/mol. The summed E-state index contributed by atoms with van der Waals surface area (Å²) >= 11 is 0. The van der Waals surface area contributed by atoms with Crippen LogP contribution in [0.3, 0.4) is 0 Å². The Hall–Kier alpha value is -3.13. The number of piperidine rings is 1. The molecule has 2 aromatic carbocycles. The van der Waals surface area contributed by atoms with E-state index in [0.717, 1.165) is 11.6 Å². The lowest BCUT2D eigenvalue weighted by atomic mass is 9.89. The summed E-state index contributed by atoms with van der Waals surface area (Å²) < 4.78 is 33.9. The molecule has 2 atom stereocenters. The Morgan fingerprint density at radius 2 is 1.74 bits per heavy atom. The van der Waals surface area contributed by atoms with Gasteiger partial charge in [0.1, 0.15) is 17.9 Å². The molecular formula is C26H24F2N2O4. The Morgan fingerprint density at radius 1 is 1.00 bits per heavy atom. The van der Waals surface area contributed by atoms with Gasteiger partial charge in [-0.15, -0.1) is 0 Å². The minimum atomic E-state index is -1.01. The van der Waals surface area contributed by atoms with Crippen LogP contribution >= 0.6 is 0 Å². The van der Waals surface area contributed by atoms with Crippen molar-refractivity contribution < 1.29 is 27.9 Å². The SMILES string of the molecule is O=C1CCc2c1cccc2C(=O)N1CCC2(CC1)O[C@@H]1CC[C@@H](c3cc(F)cc(F)c3)N1C2=O. The van der Waals surface area contributed by atoms with Crippen molar-refractivity contribution in [1.29, 1.82) is 0 Å². The highest BCUT2D eigenvalue weighted by Gasteiger charge is 2.58. The number of halogens is 2. The van der Waals surface area contributed by atoms with Crippen LogP contribution in [-0.2, 0) is 16.0 Å². The predicted octanol–water partition coefficient (Wildman–Crippen LogP) is 3.79. The van der Waals surface area contributed by atoms with E-state index in [4.69, 9.17) is 4.74 Å². The van der Waals surface area contributed by atoms with Gasteiger partial charge in [-0.05, 0) is 48.6 Å². The van der Waals surface area contributed by atoms with Crippen LogP contribution in [0.4, 0.5) is 8.78 Å². The molecular weight excluding hydrogens is 442 g/mol. The van der Waals surface area contributed by atoms with Crippen LogP contribution in [0.2, 0.25) is 0 Å². The van der Waals surface area contributed by atoms with Crippen LogP contribution in [0, 0.1) is 11.6 Å². The van der Waals surface area contributed by atoms with Gasteiger partial charge >= 0.3 is 0 Å². The Kier molecular flexibility index (Phi) is 4.85. The summed E-state index contributed by atoms with van der Waals surface area (Å²) in [6.07, 6.45) is 2.49. The number of carbonyl (C=O) groups excluding carboxylic acids is 3. The Labute approximate surface area is 195 Å². The summed E-state index contributed by atoms with van der Waals surface area (Å²) in [4.78, 5) is 42.2. The Balaban J connectivity index is 1.19. The molecule has 6 nitrogen and oxygen atoms in total. The average molecular weight is 466 g/mol. The number of rotatable bonds is 2. The lowest BCUT2D eigenvalue weighted by Gasteiger charge is -2.37. The Bertz CT molecular complexity index is 1200. The van der Waals surface area contributed by atoms with Crippen molar-refractivity contribution in [3.63, 3.8) is 0 Å². The smallest absolute Gasteiger partial charge is 0.257 e. The number of benzene rings is 2. The molecule has 176 valence electrons. The van der Waals surface area contributed by atoms with E-state index in [1.54, 1.807) is 28.0 Å². The molecule has 0 bridgehead atoms. The van der Waals surface area contributed by atoms with Gasteiger partial charge in [0, 0.05) is 49.5 Å². The summed E-state index contributed by atoms with van der Waals surface area (Å²) in [5.74, 6) is -1.55. The number of carbonyl (C=O) groups is 3. The topological polar surface area (TPSA) is 66.9 Å². The molecule has 4 aliphatic rings. The maximum Gasteiger partial charge on any atom is 0.257 e. The molecule has 0 N–H and O–H groups in total.